The number of rotatable bonds is 4. The molecule has 0 aromatic rings. The van der Waals surface area contributed by atoms with Gasteiger partial charge in [0, 0.05) is 6.42 Å². The zero-order valence-corrected chi connectivity index (χ0v) is 5.23. The monoisotopic (exact) mass is 147 g/mol. The maximum atomic E-state index is 10.00. The normalized spacial score (nSPS) is 15.8. The van der Waals surface area contributed by atoms with Gasteiger partial charge in [0.2, 0.25) is 0 Å². The number of nitrogens with two attached hydrogens (primary N) is 1. The Balaban J connectivity index is 3.67. The summed E-state index contributed by atoms with van der Waals surface area (Å²) in [6.45, 7) is 0. The van der Waals surface area contributed by atoms with Crippen LogP contribution in [0.4, 0.5) is 0 Å². The van der Waals surface area contributed by atoms with Crippen molar-refractivity contribution in [3.63, 3.8) is 0 Å². The molecule has 2 atom stereocenters. The van der Waals surface area contributed by atoms with Crippen LogP contribution < -0.4 is 5.73 Å². The Kier molecular flexibility index (Phi) is 3.60. The molecule has 4 N–H and O–H groups in total. The Hall–Kier alpha value is -0.940. The minimum absolute atomic E-state index is 0.237. The molecular formula is C5H9NO4. The highest BCUT2D eigenvalue weighted by molar-refractivity contribution is 5.73. The second kappa shape index (κ2) is 3.97. The fourth-order valence-corrected chi connectivity index (χ4v) is 0.417. The topological polar surface area (TPSA) is 101 Å². The minimum Gasteiger partial charge on any atom is -0.480 e. The molecule has 0 radical (unpaired) electrons. The smallest absolute Gasteiger partial charge is 0.320 e. The molecule has 0 rings (SSSR count). The van der Waals surface area contributed by atoms with Gasteiger partial charge in [-0.1, -0.05) is 0 Å². The van der Waals surface area contributed by atoms with Gasteiger partial charge < -0.3 is 20.7 Å². The van der Waals surface area contributed by atoms with E-state index in [-0.39, 0.29) is 12.7 Å². The second-order valence-electron chi connectivity index (χ2n) is 1.88. The molecule has 10 heavy (non-hydrogen) atoms. The van der Waals surface area contributed by atoms with Gasteiger partial charge in [-0.05, 0) is 0 Å². The first-order valence-corrected chi connectivity index (χ1v) is 2.69. The molecule has 5 heteroatoms. The van der Waals surface area contributed by atoms with Crippen molar-refractivity contribution in [2.24, 2.45) is 5.73 Å². The molecule has 0 unspecified atom stereocenters. The van der Waals surface area contributed by atoms with Gasteiger partial charge in [0.15, 0.2) is 0 Å². The Labute approximate surface area is 57.5 Å². The highest BCUT2D eigenvalue weighted by atomic mass is 16.4. The third-order valence-electron chi connectivity index (χ3n) is 0.970. The Bertz CT molecular complexity index is 136. The number of hydrogen-bond donors (Lipinski definition) is 3. The van der Waals surface area contributed by atoms with Crippen molar-refractivity contribution in [1.29, 1.82) is 0 Å². The van der Waals surface area contributed by atoms with Crippen molar-refractivity contribution in [2.45, 2.75) is 18.6 Å². The first-order chi connectivity index (χ1) is 4.57. The van der Waals surface area contributed by atoms with E-state index in [2.05, 4.69) is 0 Å². The lowest BCUT2D eigenvalue weighted by molar-refractivity contribution is -0.139. The fourth-order valence-electron chi connectivity index (χ4n) is 0.417. The molecule has 0 aliphatic heterocycles. The molecule has 0 saturated carbocycles. The quantitative estimate of drug-likeness (QED) is 0.413. The zero-order valence-electron chi connectivity index (χ0n) is 5.23. The predicted molar refractivity (Wildman–Crippen MR) is 32.3 cm³/mol. The number of aliphatic carboxylic acids is 1. The van der Waals surface area contributed by atoms with E-state index in [9.17, 15) is 9.59 Å². The molecular weight excluding hydrogens is 138 g/mol. The van der Waals surface area contributed by atoms with Crippen LogP contribution in [-0.4, -0.2) is 34.6 Å². The molecule has 0 aliphatic carbocycles. The molecule has 0 saturated heterocycles. The van der Waals surface area contributed by atoms with Gasteiger partial charge in [0.25, 0.3) is 0 Å². The van der Waals surface area contributed by atoms with Crippen LogP contribution in [0.3, 0.4) is 0 Å². The van der Waals surface area contributed by atoms with Crippen LogP contribution in [0, 0.1) is 0 Å². The maximum Gasteiger partial charge on any atom is 0.320 e. The van der Waals surface area contributed by atoms with E-state index in [1.807, 2.05) is 0 Å². The summed E-state index contributed by atoms with van der Waals surface area (Å²) >= 11 is 0. The average Bonchev–Trinajstić information content (AvgIpc) is 1.87. The third kappa shape index (κ3) is 3.16. The van der Waals surface area contributed by atoms with Gasteiger partial charge in [0.05, 0.1) is 0 Å². The van der Waals surface area contributed by atoms with Crippen molar-refractivity contribution >= 4 is 12.3 Å². The average molecular weight is 147 g/mol. The van der Waals surface area contributed by atoms with E-state index < -0.39 is 18.1 Å². The molecule has 0 aromatic carbocycles. The summed E-state index contributed by atoms with van der Waals surface area (Å²) in [6.07, 6.45) is -1.26. The molecule has 0 aliphatic rings. The van der Waals surface area contributed by atoms with Gasteiger partial charge in [-0.25, -0.2) is 0 Å². The minimum atomic E-state index is -1.27. The van der Waals surface area contributed by atoms with Gasteiger partial charge in [-0.3, -0.25) is 4.79 Å². The molecule has 0 fully saturated rings. The fraction of sp³-hybridized carbons (Fsp3) is 0.600. The number of carbonyl (C=O) groups is 2. The molecule has 0 spiro atoms. The lowest BCUT2D eigenvalue weighted by atomic mass is 10.1. The van der Waals surface area contributed by atoms with E-state index in [1.165, 1.54) is 0 Å². The van der Waals surface area contributed by atoms with Gasteiger partial charge in [-0.15, -0.1) is 0 Å². The van der Waals surface area contributed by atoms with Crippen molar-refractivity contribution in [1.82, 2.24) is 0 Å². The first kappa shape index (κ1) is 9.06. The van der Waals surface area contributed by atoms with Crippen LogP contribution in [-0.2, 0) is 9.59 Å². The summed E-state index contributed by atoms with van der Waals surface area (Å²) in [5, 5.41) is 16.7. The summed E-state index contributed by atoms with van der Waals surface area (Å²) in [5.41, 5.74) is 4.97. The van der Waals surface area contributed by atoms with Crippen molar-refractivity contribution in [2.75, 3.05) is 0 Å². The van der Waals surface area contributed by atoms with Gasteiger partial charge >= 0.3 is 5.97 Å². The summed E-state index contributed by atoms with van der Waals surface area (Å²) in [7, 11) is 0. The first-order valence-electron chi connectivity index (χ1n) is 2.69. The molecule has 5 nitrogen and oxygen atoms in total. The second-order valence-corrected chi connectivity index (χ2v) is 1.88. The van der Waals surface area contributed by atoms with Crippen molar-refractivity contribution < 1.29 is 19.8 Å². The Morgan fingerprint density at radius 1 is 1.70 bits per heavy atom. The molecule has 0 amide bonds. The molecule has 58 valence electrons. The van der Waals surface area contributed by atoms with Crippen LogP contribution in [0.2, 0.25) is 0 Å². The predicted octanol–water partition coefficient (Wildman–Crippen LogP) is -1.65. The van der Waals surface area contributed by atoms with Crippen LogP contribution in [0.5, 0.6) is 0 Å². The van der Waals surface area contributed by atoms with Crippen LogP contribution in [0.1, 0.15) is 6.42 Å². The highest BCUT2D eigenvalue weighted by Crippen LogP contribution is 1.92. The lowest BCUT2D eigenvalue weighted by Gasteiger charge is -2.05. The maximum absolute atomic E-state index is 10.00. The number of hydrogen-bond acceptors (Lipinski definition) is 4. The number of aliphatic hydroxyl groups excluding tert-OH is 1. The van der Waals surface area contributed by atoms with E-state index in [1.54, 1.807) is 0 Å². The van der Waals surface area contributed by atoms with Crippen LogP contribution in [0.25, 0.3) is 0 Å². The highest BCUT2D eigenvalue weighted by Gasteiger charge is 2.15. The van der Waals surface area contributed by atoms with E-state index >= 15 is 0 Å². The molecule has 0 aromatic heterocycles. The van der Waals surface area contributed by atoms with E-state index in [4.69, 9.17) is 15.9 Å². The molecule has 0 bridgehead atoms. The van der Waals surface area contributed by atoms with Crippen LogP contribution >= 0.6 is 0 Å². The van der Waals surface area contributed by atoms with Crippen LogP contribution in [0.15, 0.2) is 0 Å². The third-order valence-corrected chi connectivity index (χ3v) is 0.970. The summed E-state index contributed by atoms with van der Waals surface area (Å²) < 4.78 is 0. The largest absolute Gasteiger partial charge is 0.480 e. The van der Waals surface area contributed by atoms with E-state index in [0.717, 1.165) is 0 Å². The summed E-state index contributed by atoms with van der Waals surface area (Å²) in [6, 6.07) is -1.17. The summed E-state index contributed by atoms with van der Waals surface area (Å²) in [4.78, 5) is 19.8. The zero-order chi connectivity index (χ0) is 8.15. The number of aldehydes is 1. The van der Waals surface area contributed by atoms with Crippen molar-refractivity contribution in [3.8, 4) is 0 Å². The number of carboxylic acids is 1. The molecule has 0 heterocycles. The van der Waals surface area contributed by atoms with E-state index in [0.29, 0.717) is 0 Å². The number of carbonyl (C=O) groups excluding carboxylic acids is 1. The lowest BCUT2D eigenvalue weighted by Crippen LogP contribution is -2.34. The SMILES string of the molecule is N[C@@H](C[C@@H](O)C=O)C(=O)O. The van der Waals surface area contributed by atoms with Gasteiger partial charge in [0.1, 0.15) is 18.4 Å². The summed E-state index contributed by atoms with van der Waals surface area (Å²) in [5.74, 6) is -1.22. The van der Waals surface area contributed by atoms with Gasteiger partial charge in [-0.2, -0.15) is 0 Å². The Morgan fingerprint density at radius 3 is 2.50 bits per heavy atom. The number of carboxylic acid groups (broad SMARTS) is 1. The number of aliphatic hydroxyl groups is 1. The standard InChI is InChI=1S/C5H9NO4/c6-4(5(9)10)1-3(8)2-7/h2-4,8H,1,6H2,(H,9,10)/t3-,4+/m1/s1. The Morgan fingerprint density at radius 2 is 2.20 bits per heavy atom. The van der Waals surface area contributed by atoms with Crippen molar-refractivity contribution in [3.05, 3.63) is 0 Å².